The van der Waals surface area contributed by atoms with Gasteiger partial charge >= 0.3 is 6.18 Å². The summed E-state index contributed by atoms with van der Waals surface area (Å²) in [4.78, 5) is 10.4. The fourth-order valence-corrected chi connectivity index (χ4v) is 5.95. The van der Waals surface area contributed by atoms with Crippen molar-refractivity contribution in [1.29, 1.82) is 0 Å². The molecule has 1 atom stereocenters. The van der Waals surface area contributed by atoms with Gasteiger partial charge in [-0.25, -0.2) is 12.8 Å². The smallest absolute Gasteiger partial charge is 0.416 e. The van der Waals surface area contributed by atoms with Crippen LogP contribution in [0.5, 0.6) is 5.75 Å². The topological polar surface area (TPSA) is 63.7 Å². The average molecular weight is 556 g/mol. The molecule has 1 aliphatic rings. The standard InChI is InChI=1S/C26H22ClF4NO4S/c27-22-7-2-8-23(28)21(22)11-9-17-10-12-25-24(14-17)32(16-19(36-25)5-3-13-33)37(34,35)20-6-1-4-18(15-20)26(29,30)31/h1-2,4,6-8,10,12-15,19H,3,5,9,11,16H2/t19-/m1/s1. The molecule has 0 fully saturated rings. The molecular weight excluding hydrogens is 534 g/mol. The van der Waals surface area contributed by atoms with Crippen LogP contribution in [0.4, 0.5) is 23.2 Å². The number of sulfonamides is 1. The zero-order valence-electron chi connectivity index (χ0n) is 19.3. The Morgan fingerprint density at radius 1 is 1.05 bits per heavy atom. The first-order valence-electron chi connectivity index (χ1n) is 11.4. The van der Waals surface area contributed by atoms with Crippen molar-refractivity contribution in [2.24, 2.45) is 0 Å². The highest BCUT2D eigenvalue weighted by atomic mass is 35.5. The zero-order chi connectivity index (χ0) is 26.8. The van der Waals surface area contributed by atoms with Gasteiger partial charge in [-0.15, -0.1) is 0 Å². The molecule has 3 aromatic rings. The number of aldehydes is 1. The third-order valence-electron chi connectivity index (χ3n) is 6.04. The number of rotatable bonds is 8. The predicted octanol–water partition coefficient (Wildman–Crippen LogP) is 6.22. The number of hydrogen-bond acceptors (Lipinski definition) is 4. The molecule has 0 amide bonds. The number of hydrogen-bond donors (Lipinski definition) is 0. The highest BCUT2D eigenvalue weighted by Gasteiger charge is 2.37. The highest BCUT2D eigenvalue weighted by Crippen LogP contribution is 2.40. The van der Waals surface area contributed by atoms with E-state index in [9.17, 15) is 30.8 Å². The number of halogens is 5. The van der Waals surface area contributed by atoms with E-state index in [0.29, 0.717) is 29.9 Å². The molecule has 1 aliphatic heterocycles. The lowest BCUT2D eigenvalue weighted by molar-refractivity contribution is -0.137. The van der Waals surface area contributed by atoms with Crippen molar-refractivity contribution in [3.63, 3.8) is 0 Å². The lowest BCUT2D eigenvalue weighted by atomic mass is 10.0. The normalized spacial score (nSPS) is 15.7. The van der Waals surface area contributed by atoms with Crippen LogP contribution in [0.2, 0.25) is 5.02 Å². The van der Waals surface area contributed by atoms with Gasteiger partial charge in [0.1, 0.15) is 24.0 Å². The van der Waals surface area contributed by atoms with E-state index in [1.54, 1.807) is 24.3 Å². The van der Waals surface area contributed by atoms with Crippen LogP contribution in [-0.2, 0) is 33.8 Å². The van der Waals surface area contributed by atoms with Gasteiger partial charge in [0, 0.05) is 17.0 Å². The Hall–Kier alpha value is -3.11. The van der Waals surface area contributed by atoms with Crippen molar-refractivity contribution in [1.82, 2.24) is 0 Å². The van der Waals surface area contributed by atoms with Gasteiger partial charge in [-0.05, 0) is 67.3 Å². The van der Waals surface area contributed by atoms with E-state index in [1.807, 2.05) is 0 Å². The lowest BCUT2D eigenvalue weighted by Gasteiger charge is -2.35. The Morgan fingerprint density at radius 3 is 2.51 bits per heavy atom. The molecule has 1 heterocycles. The molecule has 4 rings (SSSR count). The highest BCUT2D eigenvalue weighted by molar-refractivity contribution is 7.92. The van der Waals surface area contributed by atoms with Crippen LogP contribution in [0.1, 0.15) is 29.5 Å². The van der Waals surface area contributed by atoms with Crippen molar-refractivity contribution in [2.75, 3.05) is 10.8 Å². The van der Waals surface area contributed by atoms with Crippen molar-refractivity contribution >= 4 is 33.6 Å². The molecule has 37 heavy (non-hydrogen) atoms. The molecule has 5 nitrogen and oxygen atoms in total. The molecule has 0 saturated carbocycles. The molecule has 0 N–H and O–H groups in total. The summed E-state index contributed by atoms with van der Waals surface area (Å²) in [7, 11) is -4.43. The number of carbonyl (C=O) groups is 1. The number of nitrogens with zero attached hydrogens (tertiary/aromatic N) is 1. The van der Waals surface area contributed by atoms with Crippen molar-refractivity contribution in [3.8, 4) is 5.75 Å². The fourth-order valence-electron chi connectivity index (χ4n) is 4.15. The monoisotopic (exact) mass is 555 g/mol. The van der Waals surface area contributed by atoms with Gasteiger partial charge in [-0.1, -0.05) is 29.8 Å². The van der Waals surface area contributed by atoms with E-state index in [0.717, 1.165) is 22.5 Å². The Labute approximate surface area is 216 Å². The summed E-state index contributed by atoms with van der Waals surface area (Å²) in [6.45, 7) is -0.192. The Kier molecular flexibility index (Phi) is 7.80. The van der Waals surface area contributed by atoms with Crippen LogP contribution in [-0.4, -0.2) is 27.4 Å². The van der Waals surface area contributed by atoms with Gasteiger partial charge in [0.2, 0.25) is 0 Å². The first kappa shape index (κ1) is 26.9. The predicted molar refractivity (Wildman–Crippen MR) is 131 cm³/mol. The summed E-state index contributed by atoms with van der Waals surface area (Å²) in [5, 5.41) is 0.271. The second kappa shape index (κ2) is 10.7. The minimum Gasteiger partial charge on any atom is -0.486 e. The van der Waals surface area contributed by atoms with Gasteiger partial charge in [0.15, 0.2) is 0 Å². The number of fused-ring (bicyclic) bond motifs is 1. The van der Waals surface area contributed by atoms with Crippen LogP contribution >= 0.6 is 11.6 Å². The molecule has 0 radical (unpaired) electrons. The molecule has 0 aromatic heterocycles. The second-order valence-electron chi connectivity index (χ2n) is 8.55. The molecule has 0 spiro atoms. The quantitative estimate of drug-likeness (QED) is 0.245. The van der Waals surface area contributed by atoms with Gasteiger partial charge in [0.05, 0.1) is 22.7 Å². The van der Waals surface area contributed by atoms with Crippen LogP contribution in [0.15, 0.2) is 65.6 Å². The van der Waals surface area contributed by atoms with E-state index in [-0.39, 0.29) is 42.3 Å². The molecule has 0 saturated heterocycles. The van der Waals surface area contributed by atoms with Crippen LogP contribution in [0, 0.1) is 5.82 Å². The number of benzene rings is 3. The Morgan fingerprint density at radius 2 is 1.81 bits per heavy atom. The van der Waals surface area contributed by atoms with Gasteiger partial charge in [-0.3, -0.25) is 4.31 Å². The number of ether oxygens (including phenoxy) is 1. The summed E-state index contributed by atoms with van der Waals surface area (Å²) < 4.78 is 88.1. The molecule has 0 aliphatic carbocycles. The minimum absolute atomic E-state index is 0.124. The maximum Gasteiger partial charge on any atom is 0.416 e. The van der Waals surface area contributed by atoms with Gasteiger partial charge < -0.3 is 9.53 Å². The minimum atomic E-state index is -4.72. The van der Waals surface area contributed by atoms with Crippen LogP contribution in [0.3, 0.4) is 0 Å². The summed E-state index contributed by atoms with van der Waals surface area (Å²) in [5.74, 6) is -0.245. The van der Waals surface area contributed by atoms with Crippen molar-refractivity contribution in [2.45, 2.75) is 42.9 Å². The lowest BCUT2D eigenvalue weighted by Crippen LogP contribution is -2.43. The van der Waals surface area contributed by atoms with E-state index < -0.39 is 38.6 Å². The first-order chi connectivity index (χ1) is 17.5. The SMILES string of the molecule is O=CCC[C@@H]1CN(S(=O)(=O)c2cccc(C(F)(F)F)c2)c2cc(CCc3c(F)cccc3Cl)ccc2O1. The second-order valence-corrected chi connectivity index (χ2v) is 10.8. The summed E-state index contributed by atoms with van der Waals surface area (Å²) in [5.41, 5.74) is 0.0322. The number of carbonyl (C=O) groups excluding carboxylic acids is 1. The van der Waals surface area contributed by atoms with E-state index >= 15 is 0 Å². The third-order valence-corrected chi connectivity index (χ3v) is 8.17. The van der Waals surface area contributed by atoms with Crippen LogP contribution < -0.4 is 9.04 Å². The Balaban J connectivity index is 1.71. The maximum atomic E-state index is 14.2. The molecule has 3 aromatic carbocycles. The summed E-state index contributed by atoms with van der Waals surface area (Å²) >= 11 is 6.11. The Bertz CT molecular complexity index is 1390. The molecular formula is C26H22ClF4NO4S. The summed E-state index contributed by atoms with van der Waals surface area (Å²) in [6.07, 6.45) is -3.80. The van der Waals surface area contributed by atoms with E-state index in [4.69, 9.17) is 16.3 Å². The number of alkyl halides is 3. The summed E-state index contributed by atoms with van der Waals surface area (Å²) in [6, 6.07) is 12.7. The molecule has 0 unspecified atom stereocenters. The number of anilines is 1. The maximum absolute atomic E-state index is 14.2. The van der Waals surface area contributed by atoms with Crippen molar-refractivity contribution < 1.29 is 35.5 Å². The van der Waals surface area contributed by atoms with Crippen LogP contribution in [0.25, 0.3) is 0 Å². The molecule has 0 bridgehead atoms. The van der Waals surface area contributed by atoms with E-state index in [1.165, 1.54) is 12.1 Å². The fraction of sp³-hybridized carbons (Fsp3) is 0.269. The first-order valence-corrected chi connectivity index (χ1v) is 13.2. The average Bonchev–Trinajstić information content (AvgIpc) is 2.86. The van der Waals surface area contributed by atoms with Gasteiger partial charge in [0.25, 0.3) is 10.0 Å². The van der Waals surface area contributed by atoms with E-state index in [2.05, 4.69) is 0 Å². The molecule has 11 heteroatoms. The third kappa shape index (κ3) is 5.91. The van der Waals surface area contributed by atoms with Gasteiger partial charge in [-0.2, -0.15) is 13.2 Å². The zero-order valence-corrected chi connectivity index (χ0v) is 20.9. The largest absolute Gasteiger partial charge is 0.486 e. The van der Waals surface area contributed by atoms with Crippen molar-refractivity contribution in [3.05, 3.63) is 88.2 Å². The number of aryl methyl sites for hydroxylation is 1. The molecule has 196 valence electrons.